The first-order valence-electron chi connectivity index (χ1n) is 8.49. The maximum atomic E-state index is 12.8. The van der Waals surface area contributed by atoms with E-state index < -0.39 is 0 Å². The van der Waals surface area contributed by atoms with E-state index >= 15 is 0 Å². The van der Waals surface area contributed by atoms with Gasteiger partial charge in [-0.25, -0.2) is 0 Å². The molecule has 0 spiro atoms. The second-order valence-electron chi connectivity index (χ2n) is 6.44. The Kier molecular flexibility index (Phi) is 6.22. The zero-order chi connectivity index (χ0) is 16.8. The Bertz CT molecular complexity index is 633. The Labute approximate surface area is 138 Å². The van der Waals surface area contributed by atoms with Crippen molar-refractivity contribution < 1.29 is 9.53 Å². The van der Waals surface area contributed by atoms with Crippen molar-refractivity contribution in [1.82, 2.24) is 4.98 Å². The molecule has 2 rings (SSSR count). The number of amides is 1. The number of ether oxygens (including phenoxy) is 1. The quantitative estimate of drug-likeness (QED) is 0.735. The van der Waals surface area contributed by atoms with Crippen LogP contribution in [0.25, 0.3) is 10.9 Å². The minimum atomic E-state index is 0.126. The normalized spacial score (nSPS) is 12.7. The molecule has 0 saturated carbocycles. The summed E-state index contributed by atoms with van der Waals surface area (Å²) in [5.41, 5.74) is 2.05. The second kappa shape index (κ2) is 8.16. The number of aromatic amines is 1. The number of carbonyl (C=O) groups excluding carboxylic acids is 1. The molecule has 126 valence electrons. The molecule has 0 aliphatic carbocycles. The number of nitrogens with zero attached hydrogens (tertiary/aromatic N) is 1. The zero-order valence-electron chi connectivity index (χ0n) is 14.6. The van der Waals surface area contributed by atoms with Gasteiger partial charge in [-0.2, -0.15) is 0 Å². The van der Waals surface area contributed by atoms with E-state index in [1.54, 1.807) is 0 Å². The Morgan fingerprint density at radius 2 is 2.04 bits per heavy atom. The number of H-pyrrole nitrogens is 1. The van der Waals surface area contributed by atoms with E-state index in [4.69, 9.17) is 4.74 Å². The number of hydrogen-bond acceptors (Lipinski definition) is 2. The van der Waals surface area contributed by atoms with E-state index in [9.17, 15) is 4.79 Å². The molecule has 1 N–H and O–H groups in total. The number of anilines is 1. The Balaban J connectivity index is 2.25. The van der Waals surface area contributed by atoms with Gasteiger partial charge in [0.2, 0.25) is 5.91 Å². The van der Waals surface area contributed by atoms with Crippen molar-refractivity contribution in [2.24, 2.45) is 5.92 Å². The molecule has 23 heavy (non-hydrogen) atoms. The molecule has 1 aromatic carbocycles. The van der Waals surface area contributed by atoms with Gasteiger partial charge in [-0.15, -0.1) is 0 Å². The van der Waals surface area contributed by atoms with Crippen LogP contribution in [-0.2, 0) is 9.53 Å². The Hall–Kier alpha value is -1.81. The number of carbonyl (C=O) groups is 1. The predicted molar refractivity (Wildman–Crippen MR) is 95.8 cm³/mol. The number of nitrogens with one attached hydrogen (secondary N) is 1. The first-order valence-corrected chi connectivity index (χ1v) is 8.49. The van der Waals surface area contributed by atoms with Gasteiger partial charge < -0.3 is 14.6 Å². The van der Waals surface area contributed by atoms with Gasteiger partial charge in [0, 0.05) is 35.4 Å². The highest BCUT2D eigenvalue weighted by atomic mass is 16.5. The fraction of sp³-hybridized carbons (Fsp3) is 0.526. The average molecular weight is 316 g/mol. The topological polar surface area (TPSA) is 45.3 Å². The molecule has 2 aromatic rings. The van der Waals surface area contributed by atoms with Crippen LogP contribution < -0.4 is 4.90 Å². The molecular formula is C19H28N2O2. The molecule has 1 aromatic heterocycles. The van der Waals surface area contributed by atoms with Crippen molar-refractivity contribution >= 4 is 22.5 Å². The van der Waals surface area contributed by atoms with Crippen LogP contribution in [0.4, 0.5) is 5.69 Å². The standard InChI is InChI=1S/C19H28N2O2/c1-5-23-11-9-19(22)21(15(4)12-14(2)3)17-6-7-18-16(13-17)8-10-20-18/h6-8,10,13-15,20H,5,9,11-12H2,1-4H3. The molecule has 4 nitrogen and oxygen atoms in total. The summed E-state index contributed by atoms with van der Waals surface area (Å²) in [6.07, 6.45) is 3.32. The molecule has 1 heterocycles. The van der Waals surface area contributed by atoms with Gasteiger partial charge in [-0.3, -0.25) is 4.79 Å². The number of hydrogen-bond donors (Lipinski definition) is 1. The molecule has 0 fully saturated rings. The van der Waals surface area contributed by atoms with Gasteiger partial charge in [0.1, 0.15) is 0 Å². The van der Waals surface area contributed by atoms with Crippen LogP contribution >= 0.6 is 0 Å². The van der Waals surface area contributed by atoms with Crippen molar-refractivity contribution in [3.05, 3.63) is 30.5 Å². The summed E-state index contributed by atoms with van der Waals surface area (Å²) in [5, 5.41) is 1.13. The van der Waals surface area contributed by atoms with Gasteiger partial charge in [0.25, 0.3) is 0 Å². The van der Waals surface area contributed by atoms with E-state index in [0.29, 0.717) is 25.6 Å². The summed E-state index contributed by atoms with van der Waals surface area (Å²) in [4.78, 5) is 17.9. The first kappa shape index (κ1) is 17.5. The van der Waals surface area contributed by atoms with Crippen molar-refractivity contribution in [1.29, 1.82) is 0 Å². The van der Waals surface area contributed by atoms with Gasteiger partial charge in [-0.1, -0.05) is 13.8 Å². The van der Waals surface area contributed by atoms with Crippen molar-refractivity contribution in [3.63, 3.8) is 0 Å². The zero-order valence-corrected chi connectivity index (χ0v) is 14.6. The Morgan fingerprint density at radius 1 is 1.26 bits per heavy atom. The van der Waals surface area contributed by atoms with Gasteiger partial charge in [0.15, 0.2) is 0 Å². The summed E-state index contributed by atoms with van der Waals surface area (Å²) >= 11 is 0. The molecule has 0 aliphatic heterocycles. The lowest BCUT2D eigenvalue weighted by atomic mass is 10.0. The number of aromatic nitrogens is 1. The highest BCUT2D eigenvalue weighted by Gasteiger charge is 2.22. The molecular weight excluding hydrogens is 288 g/mol. The highest BCUT2D eigenvalue weighted by molar-refractivity contribution is 5.96. The second-order valence-corrected chi connectivity index (χ2v) is 6.44. The molecule has 0 aliphatic rings. The van der Waals surface area contributed by atoms with Crippen LogP contribution in [0.15, 0.2) is 30.5 Å². The third kappa shape index (κ3) is 4.58. The van der Waals surface area contributed by atoms with Gasteiger partial charge >= 0.3 is 0 Å². The lowest BCUT2D eigenvalue weighted by molar-refractivity contribution is -0.120. The molecule has 0 saturated heterocycles. The minimum absolute atomic E-state index is 0.126. The summed E-state index contributed by atoms with van der Waals surface area (Å²) in [7, 11) is 0. The van der Waals surface area contributed by atoms with Gasteiger partial charge in [-0.05, 0) is 50.5 Å². The monoisotopic (exact) mass is 316 g/mol. The van der Waals surface area contributed by atoms with Crippen molar-refractivity contribution in [3.8, 4) is 0 Å². The van der Waals surface area contributed by atoms with Crippen molar-refractivity contribution in [2.45, 2.75) is 46.6 Å². The van der Waals surface area contributed by atoms with Crippen LogP contribution in [0.5, 0.6) is 0 Å². The Morgan fingerprint density at radius 3 is 2.74 bits per heavy atom. The SMILES string of the molecule is CCOCCC(=O)N(c1ccc2[nH]ccc2c1)C(C)CC(C)C. The van der Waals surface area contributed by atoms with E-state index in [0.717, 1.165) is 23.0 Å². The molecule has 1 unspecified atom stereocenters. The lowest BCUT2D eigenvalue weighted by Gasteiger charge is -2.31. The van der Waals surface area contributed by atoms with Crippen LogP contribution in [0.3, 0.4) is 0 Å². The smallest absolute Gasteiger partial charge is 0.229 e. The lowest BCUT2D eigenvalue weighted by Crippen LogP contribution is -2.40. The summed E-state index contributed by atoms with van der Waals surface area (Å²) in [6, 6.07) is 8.35. The molecule has 1 atom stereocenters. The van der Waals surface area contributed by atoms with Crippen LogP contribution in [-0.4, -0.2) is 30.1 Å². The van der Waals surface area contributed by atoms with Crippen LogP contribution in [0.1, 0.15) is 40.5 Å². The fourth-order valence-electron chi connectivity index (χ4n) is 3.05. The summed E-state index contributed by atoms with van der Waals surface area (Å²) in [6.45, 7) is 9.57. The minimum Gasteiger partial charge on any atom is -0.381 e. The molecule has 4 heteroatoms. The number of rotatable bonds is 8. The maximum Gasteiger partial charge on any atom is 0.229 e. The third-order valence-electron chi connectivity index (χ3n) is 4.00. The molecule has 0 bridgehead atoms. The van der Waals surface area contributed by atoms with Crippen LogP contribution in [0, 0.1) is 5.92 Å². The van der Waals surface area contributed by atoms with Gasteiger partial charge in [0.05, 0.1) is 13.0 Å². The largest absolute Gasteiger partial charge is 0.381 e. The molecule has 0 radical (unpaired) electrons. The number of fused-ring (bicyclic) bond motifs is 1. The maximum absolute atomic E-state index is 12.8. The average Bonchev–Trinajstić information content (AvgIpc) is 2.94. The third-order valence-corrected chi connectivity index (χ3v) is 4.00. The van der Waals surface area contributed by atoms with E-state index in [1.165, 1.54) is 0 Å². The number of benzene rings is 1. The fourth-order valence-corrected chi connectivity index (χ4v) is 3.05. The van der Waals surface area contributed by atoms with E-state index in [-0.39, 0.29) is 11.9 Å². The highest BCUT2D eigenvalue weighted by Crippen LogP contribution is 2.26. The summed E-state index contributed by atoms with van der Waals surface area (Å²) in [5.74, 6) is 0.671. The summed E-state index contributed by atoms with van der Waals surface area (Å²) < 4.78 is 5.36. The van der Waals surface area contributed by atoms with Crippen molar-refractivity contribution in [2.75, 3.05) is 18.1 Å². The molecule has 1 amide bonds. The van der Waals surface area contributed by atoms with E-state index in [1.807, 2.05) is 36.2 Å². The predicted octanol–water partition coefficient (Wildman–Crippen LogP) is 4.36. The first-order chi connectivity index (χ1) is 11.0. The van der Waals surface area contributed by atoms with Crippen LogP contribution in [0.2, 0.25) is 0 Å². The van der Waals surface area contributed by atoms with E-state index in [2.05, 4.69) is 31.8 Å².